The Morgan fingerprint density at radius 3 is 2.31 bits per heavy atom. The zero-order valence-corrected chi connectivity index (χ0v) is 16.4. The molecule has 0 aromatic heterocycles. The molecule has 2 aliphatic carbocycles. The Balaban J connectivity index is 2.17. The maximum atomic E-state index is 9.73. The molecule has 0 aliphatic heterocycles. The molecule has 2 aliphatic rings. The first-order valence-corrected chi connectivity index (χ1v) is 9.80. The van der Waals surface area contributed by atoms with Gasteiger partial charge in [-0.2, -0.15) is 15.8 Å². The second-order valence-electron chi connectivity index (χ2n) is 8.60. The van der Waals surface area contributed by atoms with Gasteiger partial charge in [-0.25, -0.2) is 0 Å². The molecular weight excluding hydrogens is 320 g/mol. The second-order valence-corrected chi connectivity index (χ2v) is 8.60. The van der Waals surface area contributed by atoms with Gasteiger partial charge in [0.2, 0.25) is 0 Å². The van der Waals surface area contributed by atoms with Gasteiger partial charge in [0.05, 0.1) is 5.57 Å². The van der Waals surface area contributed by atoms with E-state index in [-0.39, 0.29) is 11.0 Å². The van der Waals surface area contributed by atoms with Gasteiger partial charge in [0.25, 0.3) is 0 Å². The van der Waals surface area contributed by atoms with Gasteiger partial charge in [0.1, 0.15) is 23.8 Å². The minimum Gasteiger partial charge on any atom is -0.377 e. The number of nitriles is 3. The minimum absolute atomic E-state index is 0.0540. The van der Waals surface area contributed by atoms with Crippen LogP contribution in [0.3, 0.4) is 0 Å². The number of rotatable bonds is 5. The lowest BCUT2D eigenvalue weighted by atomic mass is 9.72. The van der Waals surface area contributed by atoms with Crippen LogP contribution < -0.4 is 0 Å². The molecule has 0 bridgehead atoms. The van der Waals surface area contributed by atoms with E-state index in [0.717, 1.165) is 31.0 Å². The molecule has 0 amide bonds. The Morgan fingerprint density at radius 1 is 1.08 bits per heavy atom. The van der Waals surface area contributed by atoms with Crippen molar-refractivity contribution in [3.05, 3.63) is 22.4 Å². The SMILES string of the molecule is CN(CCCC1CCCCC1)C1=C(C#N)C(=C(C#N)C#N)CC(C)(C)C1. The van der Waals surface area contributed by atoms with Crippen molar-refractivity contribution >= 4 is 0 Å². The third-order valence-electron chi connectivity index (χ3n) is 5.82. The van der Waals surface area contributed by atoms with Gasteiger partial charge in [-0.1, -0.05) is 46.0 Å². The summed E-state index contributed by atoms with van der Waals surface area (Å²) in [6, 6.07) is 6.26. The highest BCUT2D eigenvalue weighted by molar-refractivity contribution is 5.57. The second kappa shape index (κ2) is 8.91. The van der Waals surface area contributed by atoms with E-state index in [1.165, 1.54) is 38.5 Å². The predicted molar refractivity (Wildman–Crippen MR) is 102 cm³/mol. The summed E-state index contributed by atoms with van der Waals surface area (Å²) in [6.45, 7) is 5.21. The van der Waals surface area contributed by atoms with Gasteiger partial charge in [0, 0.05) is 24.9 Å². The molecule has 0 atom stereocenters. The van der Waals surface area contributed by atoms with Crippen LogP contribution in [0, 0.1) is 45.3 Å². The van der Waals surface area contributed by atoms with Crippen molar-refractivity contribution in [3.63, 3.8) is 0 Å². The van der Waals surface area contributed by atoms with E-state index in [2.05, 4.69) is 24.8 Å². The van der Waals surface area contributed by atoms with E-state index in [0.29, 0.717) is 17.6 Å². The lowest BCUT2D eigenvalue weighted by molar-refractivity contribution is 0.270. The van der Waals surface area contributed by atoms with Gasteiger partial charge in [-0.05, 0) is 37.0 Å². The van der Waals surface area contributed by atoms with Crippen LogP contribution in [-0.2, 0) is 0 Å². The molecule has 1 saturated carbocycles. The molecule has 26 heavy (non-hydrogen) atoms. The molecule has 0 radical (unpaired) electrons. The summed E-state index contributed by atoms with van der Waals surface area (Å²) < 4.78 is 0. The molecule has 138 valence electrons. The van der Waals surface area contributed by atoms with Crippen LogP contribution in [0.15, 0.2) is 22.4 Å². The molecule has 0 heterocycles. The van der Waals surface area contributed by atoms with Crippen molar-refractivity contribution in [2.24, 2.45) is 11.3 Å². The van der Waals surface area contributed by atoms with Gasteiger partial charge >= 0.3 is 0 Å². The first-order valence-electron chi connectivity index (χ1n) is 9.80. The molecular formula is C22H30N4. The molecule has 0 saturated heterocycles. The Bertz CT molecular complexity index is 684. The summed E-state index contributed by atoms with van der Waals surface area (Å²) in [4.78, 5) is 2.19. The fraction of sp³-hybridized carbons (Fsp3) is 0.682. The molecule has 0 aromatic rings. The van der Waals surface area contributed by atoms with Crippen LogP contribution >= 0.6 is 0 Å². The van der Waals surface area contributed by atoms with Crippen LogP contribution in [0.5, 0.6) is 0 Å². The highest BCUT2D eigenvalue weighted by atomic mass is 15.1. The van der Waals surface area contributed by atoms with Gasteiger partial charge in [-0.3, -0.25) is 0 Å². The van der Waals surface area contributed by atoms with Crippen molar-refractivity contribution in [2.45, 2.75) is 71.6 Å². The summed E-state index contributed by atoms with van der Waals surface area (Å²) in [5.74, 6) is 0.864. The fourth-order valence-corrected chi connectivity index (χ4v) is 4.40. The quantitative estimate of drug-likeness (QED) is 0.637. The lowest BCUT2D eigenvalue weighted by Gasteiger charge is -2.37. The van der Waals surface area contributed by atoms with E-state index in [9.17, 15) is 15.8 Å². The summed E-state index contributed by atoms with van der Waals surface area (Å²) in [7, 11) is 2.05. The Hall–Kier alpha value is -2.25. The Morgan fingerprint density at radius 2 is 1.73 bits per heavy atom. The zero-order valence-electron chi connectivity index (χ0n) is 16.4. The largest absolute Gasteiger partial charge is 0.377 e. The van der Waals surface area contributed by atoms with E-state index in [1.54, 1.807) is 0 Å². The first kappa shape index (κ1) is 20.1. The van der Waals surface area contributed by atoms with Crippen LogP contribution in [0.25, 0.3) is 0 Å². The van der Waals surface area contributed by atoms with Gasteiger partial charge in [0.15, 0.2) is 0 Å². The van der Waals surface area contributed by atoms with Crippen molar-refractivity contribution in [3.8, 4) is 18.2 Å². The maximum Gasteiger partial charge on any atom is 0.134 e. The molecule has 0 N–H and O–H groups in total. The van der Waals surface area contributed by atoms with Crippen molar-refractivity contribution in [1.82, 2.24) is 4.90 Å². The topological polar surface area (TPSA) is 74.6 Å². The molecule has 0 spiro atoms. The monoisotopic (exact) mass is 350 g/mol. The van der Waals surface area contributed by atoms with E-state index in [1.807, 2.05) is 19.2 Å². The minimum atomic E-state index is -0.0540. The average molecular weight is 351 g/mol. The summed E-state index contributed by atoms with van der Waals surface area (Å²) >= 11 is 0. The highest BCUT2D eigenvalue weighted by Gasteiger charge is 2.34. The van der Waals surface area contributed by atoms with Crippen molar-refractivity contribution in [1.29, 1.82) is 15.8 Å². The van der Waals surface area contributed by atoms with Crippen LogP contribution in [0.2, 0.25) is 0 Å². The molecule has 4 heteroatoms. The molecule has 2 rings (SSSR count). The van der Waals surface area contributed by atoms with Crippen molar-refractivity contribution in [2.75, 3.05) is 13.6 Å². The van der Waals surface area contributed by atoms with Crippen LogP contribution in [-0.4, -0.2) is 18.5 Å². The zero-order chi connectivity index (χ0) is 19.2. The van der Waals surface area contributed by atoms with E-state index < -0.39 is 0 Å². The Kier molecular flexibility index (Phi) is 6.88. The molecule has 0 unspecified atom stereocenters. The summed E-state index contributed by atoms with van der Waals surface area (Å²) in [6.07, 6.45) is 10.7. The molecule has 4 nitrogen and oxygen atoms in total. The van der Waals surface area contributed by atoms with Crippen LogP contribution in [0.4, 0.5) is 0 Å². The fourth-order valence-electron chi connectivity index (χ4n) is 4.40. The molecule has 1 fully saturated rings. The lowest BCUT2D eigenvalue weighted by Crippen LogP contribution is -2.30. The van der Waals surface area contributed by atoms with Gasteiger partial charge < -0.3 is 4.90 Å². The summed E-state index contributed by atoms with van der Waals surface area (Å²) in [5, 5.41) is 28.3. The number of allylic oxidation sites excluding steroid dienone is 4. The predicted octanol–water partition coefficient (Wildman–Crippen LogP) is 5.22. The third-order valence-corrected chi connectivity index (χ3v) is 5.82. The summed E-state index contributed by atoms with van der Waals surface area (Å²) in [5.41, 5.74) is 2.19. The van der Waals surface area contributed by atoms with E-state index >= 15 is 0 Å². The van der Waals surface area contributed by atoms with Gasteiger partial charge in [-0.15, -0.1) is 0 Å². The average Bonchev–Trinajstić information content (AvgIpc) is 2.62. The van der Waals surface area contributed by atoms with Crippen molar-refractivity contribution < 1.29 is 0 Å². The number of hydrogen-bond donors (Lipinski definition) is 0. The van der Waals surface area contributed by atoms with Crippen LogP contribution in [0.1, 0.15) is 71.6 Å². The smallest absolute Gasteiger partial charge is 0.134 e. The highest BCUT2D eigenvalue weighted by Crippen LogP contribution is 2.43. The molecule has 0 aromatic carbocycles. The maximum absolute atomic E-state index is 9.73. The first-order chi connectivity index (χ1) is 12.4. The normalized spacial score (nSPS) is 20.1. The third kappa shape index (κ3) is 4.89. The van der Waals surface area contributed by atoms with E-state index in [4.69, 9.17) is 0 Å². The number of nitrogens with zero attached hydrogens (tertiary/aromatic N) is 4. The number of hydrogen-bond acceptors (Lipinski definition) is 4. The Labute approximate surface area is 158 Å². The standard InChI is InChI=1S/C22H30N4/c1-22(2)12-19(18(14-23)15-24)20(16-25)21(13-22)26(3)11-7-10-17-8-5-4-6-9-17/h17H,4-13H2,1-3H3.